The van der Waals surface area contributed by atoms with Crippen molar-refractivity contribution in [3.8, 4) is 0 Å². The lowest BCUT2D eigenvalue weighted by Gasteiger charge is -2.49. The van der Waals surface area contributed by atoms with Crippen molar-refractivity contribution < 1.29 is 24.3 Å². The lowest BCUT2D eigenvalue weighted by molar-refractivity contribution is -0.150. The predicted octanol–water partition coefficient (Wildman–Crippen LogP) is -2.12. The summed E-state index contributed by atoms with van der Waals surface area (Å²) < 4.78 is 1.52. The van der Waals surface area contributed by atoms with Gasteiger partial charge in [-0.05, 0) is 16.0 Å². The van der Waals surface area contributed by atoms with Crippen molar-refractivity contribution in [3.63, 3.8) is 0 Å². The summed E-state index contributed by atoms with van der Waals surface area (Å²) in [6, 6.07) is -0.964. The number of hydrogen-bond acceptors (Lipinski definition) is 15. The van der Waals surface area contributed by atoms with Crippen molar-refractivity contribution in [3.05, 3.63) is 22.3 Å². The first-order valence-corrected chi connectivity index (χ1v) is 13.7. The number of nitrogens with zero attached hydrogens (tertiary/aromatic N) is 7. The largest absolute Gasteiger partial charge is 0.477 e. The van der Waals surface area contributed by atoms with Gasteiger partial charge in [0.05, 0.1) is 6.54 Å². The molecule has 2 aliphatic rings. The topological polar surface area (TPSA) is 243 Å². The fourth-order valence-electron chi connectivity index (χ4n) is 3.48. The third kappa shape index (κ3) is 5.69. The van der Waals surface area contributed by atoms with Gasteiger partial charge in [-0.3, -0.25) is 14.5 Å². The highest BCUT2D eigenvalue weighted by Gasteiger charge is 2.54. The molecule has 8 N–H and O–H groups in total. The van der Waals surface area contributed by atoms with Crippen LogP contribution in [-0.2, 0) is 25.8 Å². The van der Waals surface area contributed by atoms with Crippen LogP contribution in [0, 0.1) is 0 Å². The number of thiazole rings is 1. The van der Waals surface area contributed by atoms with Crippen LogP contribution in [-0.4, -0.2) is 101 Å². The van der Waals surface area contributed by atoms with Gasteiger partial charge in [-0.15, -0.1) is 28.2 Å². The number of amides is 2. The Balaban J connectivity index is 1.48. The third-order valence-electron chi connectivity index (χ3n) is 5.10. The maximum absolute atomic E-state index is 13.0. The van der Waals surface area contributed by atoms with E-state index >= 15 is 0 Å². The molecule has 2 aromatic heterocycles. The third-order valence-corrected chi connectivity index (χ3v) is 8.15. The van der Waals surface area contributed by atoms with Crippen LogP contribution in [0.1, 0.15) is 5.69 Å². The highest BCUT2D eigenvalue weighted by atomic mass is 32.2. The lowest BCUT2D eigenvalue weighted by Crippen LogP contribution is -2.71. The SMILES string of the molecule is NCCO/N=C(\C(=O)NC1C(=O)N2C(C(=O)O)=C(CSc3nnnn3CCN)CS[C@H]12)c1csc(N)n1. The summed E-state index contributed by atoms with van der Waals surface area (Å²) in [6.45, 7) is 1.01. The number of carbonyl (C=O) groups is 3. The van der Waals surface area contributed by atoms with Gasteiger partial charge < -0.3 is 32.5 Å². The minimum atomic E-state index is -1.24. The first kappa shape index (κ1) is 26.8. The van der Waals surface area contributed by atoms with E-state index in [0.717, 1.165) is 11.3 Å². The highest BCUT2D eigenvalue weighted by Crippen LogP contribution is 2.41. The van der Waals surface area contributed by atoms with Crippen LogP contribution in [0.15, 0.2) is 27.0 Å². The predicted molar refractivity (Wildman–Crippen MR) is 135 cm³/mol. The number of anilines is 1. The van der Waals surface area contributed by atoms with Gasteiger partial charge in [0.25, 0.3) is 11.8 Å². The summed E-state index contributed by atoms with van der Waals surface area (Å²) in [4.78, 5) is 48.4. The smallest absolute Gasteiger partial charge is 0.352 e. The number of carboxylic acids is 1. The first-order valence-electron chi connectivity index (χ1n) is 10.8. The molecular weight excluding hydrogens is 546 g/mol. The maximum Gasteiger partial charge on any atom is 0.352 e. The molecule has 4 rings (SSSR count). The van der Waals surface area contributed by atoms with Gasteiger partial charge in [0, 0.05) is 30.0 Å². The van der Waals surface area contributed by atoms with E-state index in [-0.39, 0.29) is 41.1 Å². The summed E-state index contributed by atoms with van der Waals surface area (Å²) in [5, 5.41) is 29.3. The zero-order chi connectivity index (χ0) is 26.5. The molecule has 2 amide bonds. The van der Waals surface area contributed by atoms with Crippen LogP contribution in [0.2, 0.25) is 0 Å². The molecule has 1 saturated heterocycles. The molecule has 1 fully saturated rings. The van der Waals surface area contributed by atoms with Crippen LogP contribution in [0.4, 0.5) is 5.13 Å². The molecule has 0 bridgehead atoms. The number of oxime groups is 1. The van der Waals surface area contributed by atoms with E-state index in [1.165, 1.54) is 38.5 Å². The number of carboxylic acid groups (broad SMARTS) is 1. The van der Waals surface area contributed by atoms with Crippen molar-refractivity contribution >= 4 is 63.5 Å². The summed E-state index contributed by atoms with van der Waals surface area (Å²) in [7, 11) is 0. The second kappa shape index (κ2) is 11.9. The van der Waals surface area contributed by atoms with Crippen LogP contribution < -0.4 is 22.5 Å². The molecule has 2 aromatic rings. The monoisotopic (exact) mass is 569 g/mol. The molecule has 0 radical (unpaired) electrons. The molecule has 4 heterocycles. The van der Waals surface area contributed by atoms with Gasteiger partial charge in [0.15, 0.2) is 10.8 Å². The summed E-state index contributed by atoms with van der Waals surface area (Å²) in [5.41, 5.74) is 17.1. The number of thioether (sulfide) groups is 2. The number of nitrogens with two attached hydrogens (primary N) is 3. The standard InChI is InChI=1S/C18H23N11O5S3/c19-1-3-28-18(24-26-27-28)37-6-8-5-35-15-11(14(31)29(15)12(8)16(32)33)23-13(30)10(25-34-4-2-20)9-7-36-17(21)22-9/h7,11,15H,1-6,19-20H2,(H2,21,22)(H,23,30)(H,32,33)/b25-10-/t11?,15-/m1/s1. The van der Waals surface area contributed by atoms with E-state index in [1.54, 1.807) is 0 Å². The Bertz CT molecular complexity index is 1250. The molecule has 0 saturated carbocycles. The van der Waals surface area contributed by atoms with E-state index < -0.39 is 29.2 Å². The number of fused-ring (bicyclic) bond motifs is 1. The fraction of sp³-hybridized carbons (Fsp3) is 0.444. The van der Waals surface area contributed by atoms with Crippen molar-refractivity contribution in [1.29, 1.82) is 0 Å². The molecule has 198 valence electrons. The van der Waals surface area contributed by atoms with Gasteiger partial charge in [0.1, 0.15) is 29.4 Å². The Labute approximate surface area is 222 Å². The minimum Gasteiger partial charge on any atom is -0.477 e. The van der Waals surface area contributed by atoms with Gasteiger partial charge in [0.2, 0.25) is 5.16 Å². The van der Waals surface area contributed by atoms with Crippen molar-refractivity contribution in [2.45, 2.75) is 23.1 Å². The normalized spacial score (nSPS) is 19.5. The Hall–Kier alpha value is -3.26. The Morgan fingerprint density at radius 2 is 2.16 bits per heavy atom. The van der Waals surface area contributed by atoms with E-state index in [0.29, 0.717) is 29.6 Å². The zero-order valence-corrected chi connectivity index (χ0v) is 21.6. The second-order valence-electron chi connectivity index (χ2n) is 7.51. The van der Waals surface area contributed by atoms with Crippen molar-refractivity contribution in [2.24, 2.45) is 16.6 Å². The van der Waals surface area contributed by atoms with Gasteiger partial charge >= 0.3 is 5.97 Å². The summed E-state index contributed by atoms with van der Waals surface area (Å²) >= 11 is 3.70. The quantitative estimate of drug-likeness (QED) is 0.0603. The summed E-state index contributed by atoms with van der Waals surface area (Å²) in [5.74, 6) is -1.92. The van der Waals surface area contributed by atoms with E-state index in [4.69, 9.17) is 22.0 Å². The van der Waals surface area contributed by atoms with Gasteiger partial charge in [-0.25, -0.2) is 14.5 Å². The van der Waals surface area contributed by atoms with E-state index in [9.17, 15) is 19.5 Å². The molecule has 2 aliphatic heterocycles. The molecule has 19 heteroatoms. The molecule has 2 atom stereocenters. The Kier molecular flexibility index (Phi) is 8.59. The number of nitrogen functional groups attached to an aromatic ring is 1. The lowest BCUT2D eigenvalue weighted by atomic mass is 10.0. The number of aliphatic carboxylic acids is 1. The molecule has 37 heavy (non-hydrogen) atoms. The average molecular weight is 570 g/mol. The average Bonchev–Trinajstić information content (AvgIpc) is 3.51. The zero-order valence-electron chi connectivity index (χ0n) is 19.1. The molecule has 16 nitrogen and oxygen atoms in total. The van der Waals surface area contributed by atoms with Crippen LogP contribution in [0.25, 0.3) is 0 Å². The van der Waals surface area contributed by atoms with Crippen LogP contribution in [0.5, 0.6) is 0 Å². The molecule has 1 unspecified atom stereocenters. The number of aromatic nitrogens is 5. The summed E-state index contributed by atoms with van der Waals surface area (Å²) in [6.07, 6.45) is 0. The van der Waals surface area contributed by atoms with E-state index in [2.05, 4.69) is 31.0 Å². The molecule has 0 spiro atoms. The number of rotatable bonds is 12. The van der Waals surface area contributed by atoms with E-state index in [1.807, 2.05) is 0 Å². The number of hydrogen-bond donors (Lipinski definition) is 5. The molecule has 0 aliphatic carbocycles. The second-order valence-corrected chi connectivity index (χ2v) is 10.5. The maximum atomic E-state index is 13.0. The number of nitrogens with one attached hydrogen (secondary N) is 1. The minimum absolute atomic E-state index is 0.0666. The number of tetrazole rings is 1. The van der Waals surface area contributed by atoms with Crippen molar-refractivity contribution in [1.82, 2.24) is 35.4 Å². The fourth-order valence-corrected chi connectivity index (χ4v) is 6.42. The highest BCUT2D eigenvalue weighted by molar-refractivity contribution is 8.01. The number of β-lactam (4-membered cyclic amide) rings is 1. The van der Waals surface area contributed by atoms with Crippen LogP contribution >= 0.6 is 34.9 Å². The Morgan fingerprint density at radius 3 is 2.84 bits per heavy atom. The van der Waals surface area contributed by atoms with Gasteiger partial charge in [-0.1, -0.05) is 16.9 Å². The molecule has 0 aromatic carbocycles. The molecular formula is C18H23N11O5S3. The first-order chi connectivity index (χ1) is 17.8. The van der Waals surface area contributed by atoms with Crippen molar-refractivity contribution in [2.75, 3.05) is 36.9 Å². The Morgan fingerprint density at radius 1 is 1.35 bits per heavy atom. The van der Waals surface area contributed by atoms with Gasteiger partial charge in [-0.2, -0.15) is 0 Å². The number of carbonyl (C=O) groups excluding carboxylic acids is 2. The van der Waals surface area contributed by atoms with Crippen LogP contribution in [0.3, 0.4) is 0 Å².